The van der Waals surface area contributed by atoms with Crippen LogP contribution in [0.1, 0.15) is 79.6 Å². The maximum Gasteiger partial charge on any atom is 0.410 e. The number of amides is 1. The summed E-state index contributed by atoms with van der Waals surface area (Å²) in [4.78, 5) is 19.3. The summed E-state index contributed by atoms with van der Waals surface area (Å²) in [6, 6.07) is 0.362. The van der Waals surface area contributed by atoms with Crippen molar-refractivity contribution in [1.29, 1.82) is 0 Å². The number of hydrogen-bond acceptors (Lipinski definition) is 4. The molecule has 0 aromatic rings. The Morgan fingerprint density at radius 1 is 1.16 bits per heavy atom. The Kier molecular flexibility index (Phi) is 12.7. The number of carbonyl (C=O) groups is 1. The lowest BCUT2D eigenvalue weighted by Crippen LogP contribution is -2.49. The van der Waals surface area contributed by atoms with E-state index in [1.54, 1.807) is 0 Å². The van der Waals surface area contributed by atoms with Gasteiger partial charge < -0.3 is 20.3 Å². The normalized spacial score (nSPS) is 25.9. The third kappa shape index (κ3) is 9.84. The Hall–Kier alpha value is -0.580. The first-order valence-electron chi connectivity index (χ1n) is 11.6. The van der Waals surface area contributed by atoms with E-state index in [1.807, 2.05) is 32.6 Å². The van der Waals surface area contributed by atoms with Crippen molar-refractivity contribution in [1.82, 2.24) is 15.5 Å². The van der Waals surface area contributed by atoms with E-state index in [-0.39, 0.29) is 41.4 Å². The third-order valence-electron chi connectivity index (χ3n) is 5.68. The van der Waals surface area contributed by atoms with E-state index in [0.29, 0.717) is 12.6 Å². The SMILES string of the molecule is CCNC(=NCC1CCCCN1C(=O)OC(C)(C)C)NC1CCCC(S(=O)CC)C1.I. The standard InChI is InChI=1S/C22H42N4O3S.HI/c1-6-23-20(25-17-11-10-13-19(15-17)30(28)7-2)24-16-18-12-8-9-14-26(18)21(27)29-22(3,4)5;/h17-19H,6-16H2,1-5H3,(H2,23,24,25);1H. The van der Waals surface area contributed by atoms with E-state index < -0.39 is 16.4 Å². The second kappa shape index (κ2) is 13.9. The molecule has 0 aromatic carbocycles. The van der Waals surface area contributed by atoms with Gasteiger partial charge in [-0.05, 0) is 66.2 Å². The first-order chi connectivity index (χ1) is 14.2. The van der Waals surface area contributed by atoms with E-state index in [1.165, 1.54) is 0 Å². The molecule has 4 unspecified atom stereocenters. The van der Waals surface area contributed by atoms with Crippen LogP contribution in [0.4, 0.5) is 4.79 Å². The van der Waals surface area contributed by atoms with Gasteiger partial charge in [0.25, 0.3) is 0 Å². The predicted octanol–water partition coefficient (Wildman–Crippen LogP) is 4.03. The number of likely N-dealkylation sites (tertiary alicyclic amines) is 1. The second-order valence-corrected chi connectivity index (χ2v) is 11.3. The van der Waals surface area contributed by atoms with Crippen molar-refractivity contribution < 1.29 is 13.7 Å². The van der Waals surface area contributed by atoms with Gasteiger partial charge >= 0.3 is 6.09 Å². The highest BCUT2D eigenvalue weighted by Gasteiger charge is 2.31. The van der Waals surface area contributed by atoms with E-state index in [0.717, 1.165) is 69.7 Å². The molecule has 2 N–H and O–H groups in total. The molecule has 1 amide bonds. The summed E-state index contributed by atoms with van der Waals surface area (Å²) >= 11 is 0. The van der Waals surface area contributed by atoms with Crippen molar-refractivity contribution in [3.8, 4) is 0 Å². The third-order valence-corrected chi connectivity index (χ3v) is 7.42. The smallest absolute Gasteiger partial charge is 0.410 e. The van der Waals surface area contributed by atoms with Gasteiger partial charge in [-0.1, -0.05) is 13.3 Å². The van der Waals surface area contributed by atoms with E-state index in [4.69, 9.17) is 9.73 Å². The molecule has 0 aromatic heterocycles. The molecule has 2 fully saturated rings. The number of aliphatic imine (C=N–C) groups is 1. The van der Waals surface area contributed by atoms with Gasteiger partial charge in [-0.3, -0.25) is 9.20 Å². The molecule has 2 rings (SSSR count). The number of ether oxygens (including phenoxy) is 1. The van der Waals surface area contributed by atoms with Gasteiger partial charge in [0.2, 0.25) is 0 Å². The van der Waals surface area contributed by atoms with Crippen LogP contribution in [-0.2, 0) is 15.5 Å². The van der Waals surface area contributed by atoms with E-state index >= 15 is 0 Å². The fraction of sp³-hybridized carbons (Fsp3) is 0.909. The molecule has 182 valence electrons. The van der Waals surface area contributed by atoms with Gasteiger partial charge in [0.15, 0.2) is 5.96 Å². The fourth-order valence-electron chi connectivity index (χ4n) is 4.21. The Morgan fingerprint density at radius 3 is 2.55 bits per heavy atom. The summed E-state index contributed by atoms with van der Waals surface area (Å²) in [6.07, 6.45) is 6.99. The van der Waals surface area contributed by atoms with Gasteiger partial charge in [0, 0.05) is 40.9 Å². The molecule has 4 atom stereocenters. The molecule has 31 heavy (non-hydrogen) atoms. The predicted molar refractivity (Wildman–Crippen MR) is 140 cm³/mol. The van der Waals surface area contributed by atoms with Gasteiger partial charge in [0.1, 0.15) is 5.60 Å². The molecule has 0 radical (unpaired) electrons. The average Bonchev–Trinajstić information content (AvgIpc) is 2.70. The second-order valence-electron chi connectivity index (χ2n) is 9.34. The van der Waals surface area contributed by atoms with E-state index in [9.17, 15) is 9.00 Å². The maximum absolute atomic E-state index is 12.6. The summed E-state index contributed by atoms with van der Waals surface area (Å²) in [7, 11) is -0.737. The van der Waals surface area contributed by atoms with Crippen LogP contribution < -0.4 is 10.6 Å². The minimum absolute atomic E-state index is 0. The minimum Gasteiger partial charge on any atom is -0.444 e. The summed E-state index contributed by atoms with van der Waals surface area (Å²) in [5.74, 6) is 1.52. The topological polar surface area (TPSA) is 83.0 Å². The zero-order valence-electron chi connectivity index (χ0n) is 19.9. The van der Waals surface area contributed by atoms with Crippen LogP contribution in [-0.4, -0.2) is 69.5 Å². The fourth-order valence-corrected chi connectivity index (χ4v) is 5.56. The average molecular weight is 571 g/mol. The Morgan fingerprint density at radius 2 is 1.90 bits per heavy atom. The van der Waals surface area contributed by atoms with Gasteiger partial charge in [-0.2, -0.15) is 0 Å². The van der Waals surface area contributed by atoms with Crippen LogP contribution in [0.15, 0.2) is 4.99 Å². The van der Waals surface area contributed by atoms with Crippen molar-refractivity contribution >= 4 is 46.8 Å². The highest BCUT2D eigenvalue weighted by atomic mass is 127. The number of halogens is 1. The number of nitrogens with zero attached hydrogens (tertiary/aromatic N) is 2. The minimum atomic E-state index is -0.737. The Bertz CT molecular complexity index is 612. The van der Waals surface area contributed by atoms with Crippen LogP contribution in [0.3, 0.4) is 0 Å². The lowest BCUT2D eigenvalue weighted by atomic mass is 9.95. The van der Waals surface area contributed by atoms with Crippen molar-refractivity contribution in [2.45, 2.75) is 102 Å². The first kappa shape index (κ1) is 28.5. The summed E-state index contributed by atoms with van der Waals surface area (Å²) in [6.45, 7) is 11.8. The van der Waals surface area contributed by atoms with Crippen molar-refractivity contribution in [2.24, 2.45) is 4.99 Å². The number of nitrogens with one attached hydrogen (secondary N) is 2. The molecule has 1 saturated heterocycles. The van der Waals surface area contributed by atoms with Crippen LogP contribution in [0.2, 0.25) is 0 Å². The lowest BCUT2D eigenvalue weighted by Gasteiger charge is -2.36. The number of carbonyl (C=O) groups excluding carboxylic acids is 1. The summed E-state index contributed by atoms with van der Waals surface area (Å²) in [5.41, 5.74) is -0.491. The van der Waals surface area contributed by atoms with E-state index in [2.05, 4.69) is 17.6 Å². The van der Waals surface area contributed by atoms with Crippen LogP contribution in [0.25, 0.3) is 0 Å². The van der Waals surface area contributed by atoms with Crippen LogP contribution in [0, 0.1) is 0 Å². The zero-order chi connectivity index (χ0) is 22.1. The molecular weight excluding hydrogens is 527 g/mol. The molecule has 0 spiro atoms. The largest absolute Gasteiger partial charge is 0.444 e. The van der Waals surface area contributed by atoms with Crippen LogP contribution in [0.5, 0.6) is 0 Å². The lowest BCUT2D eigenvalue weighted by molar-refractivity contribution is 0.0109. The highest BCUT2D eigenvalue weighted by molar-refractivity contribution is 14.0. The monoisotopic (exact) mass is 570 g/mol. The summed E-state index contributed by atoms with van der Waals surface area (Å²) < 4.78 is 17.8. The quantitative estimate of drug-likeness (QED) is 0.286. The number of hydrogen-bond donors (Lipinski definition) is 2. The maximum atomic E-state index is 12.6. The van der Waals surface area contributed by atoms with Gasteiger partial charge in [-0.25, -0.2) is 4.79 Å². The summed E-state index contributed by atoms with van der Waals surface area (Å²) in [5, 5.41) is 7.18. The molecule has 9 heteroatoms. The highest BCUT2D eigenvalue weighted by Crippen LogP contribution is 2.23. The first-order valence-corrected chi connectivity index (χ1v) is 13.0. The number of rotatable bonds is 6. The van der Waals surface area contributed by atoms with Crippen LogP contribution >= 0.6 is 24.0 Å². The molecule has 1 saturated carbocycles. The molecule has 1 heterocycles. The number of piperidine rings is 1. The Balaban J connectivity index is 0.00000480. The van der Waals surface area contributed by atoms with Gasteiger partial charge in [0.05, 0.1) is 12.6 Å². The molecule has 2 aliphatic rings. The van der Waals surface area contributed by atoms with Crippen molar-refractivity contribution in [2.75, 3.05) is 25.4 Å². The molecule has 7 nitrogen and oxygen atoms in total. The molecule has 0 bridgehead atoms. The Labute approximate surface area is 208 Å². The van der Waals surface area contributed by atoms with Crippen molar-refractivity contribution in [3.63, 3.8) is 0 Å². The molecule has 1 aliphatic heterocycles. The molecule has 1 aliphatic carbocycles. The zero-order valence-corrected chi connectivity index (χ0v) is 23.1. The molecular formula is C22H43IN4O3S. The number of guanidine groups is 1. The van der Waals surface area contributed by atoms with Crippen molar-refractivity contribution in [3.05, 3.63) is 0 Å². The van der Waals surface area contributed by atoms with Gasteiger partial charge in [-0.15, -0.1) is 24.0 Å².